The highest BCUT2D eigenvalue weighted by atomic mass is 32.2. The molecule has 5 rings (SSSR count). The average Bonchev–Trinajstić information content (AvgIpc) is 3.55. The Hall–Kier alpha value is -4.51. The van der Waals surface area contributed by atoms with Gasteiger partial charge in [0.05, 0.1) is 18.0 Å². The largest absolute Gasteiger partial charge is 0.543 e. The number of fused-ring (bicyclic) bond motifs is 2. The van der Waals surface area contributed by atoms with Crippen LogP contribution in [0.5, 0.6) is 0 Å². The normalized spacial score (nSPS) is 19.3. The van der Waals surface area contributed by atoms with E-state index in [1.807, 2.05) is 0 Å². The number of aromatic nitrogens is 4. The van der Waals surface area contributed by atoms with E-state index >= 15 is 0 Å². The highest BCUT2D eigenvalue weighted by Gasteiger charge is 2.53. The first-order chi connectivity index (χ1) is 19.0. The highest BCUT2D eigenvalue weighted by Crippen LogP contribution is 2.40. The van der Waals surface area contributed by atoms with Crippen LogP contribution in [0.2, 0.25) is 0 Å². The van der Waals surface area contributed by atoms with Crippen molar-refractivity contribution in [3.05, 3.63) is 47.1 Å². The fourth-order valence-electron chi connectivity index (χ4n) is 4.05. The van der Waals surface area contributed by atoms with Crippen molar-refractivity contribution in [2.45, 2.75) is 37.4 Å². The van der Waals surface area contributed by atoms with Crippen LogP contribution in [0.3, 0.4) is 0 Å². The Morgan fingerprint density at radius 1 is 1.43 bits per heavy atom. The molecule has 0 aromatic carbocycles. The number of thiazole rings is 1. The number of hydrogen-bond acceptors (Lipinski definition) is 12. The number of anilines is 1. The second kappa shape index (κ2) is 10.2. The summed E-state index contributed by atoms with van der Waals surface area (Å²) in [6.07, 6.45) is 5.08. The Morgan fingerprint density at radius 2 is 2.20 bits per heavy atom. The maximum atomic E-state index is 13.2. The van der Waals surface area contributed by atoms with Crippen LogP contribution < -0.4 is 20.7 Å². The van der Waals surface area contributed by atoms with E-state index in [-0.39, 0.29) is 28.8 Å². The predicted molar refractivity (Wildman–Crippen MR) is 139 cm³/mol. The number of aromatic amines is 1. The number of thioether (sulfide) groups is 1. The van der Waals surface area contributed by atoms with E-state index < -0.39 is 46.5 Å². The number of aliphatic carboxylic acids is 2. The number of carboxylic acids is 2. The molecule has 1 unspecified atom stereocenters. The molecule has 3 aromatic rings. The predicted octanol–water partition coefficient (Wildman–Crippen LogP) is -1.42. The summed E-state index contributed by atoms with van der Waals surface area (Å²) in [6.45, 7) is 2.68. The molecule has 208 valence electrons. The first-order valence-corrected chi connectivity index (χ1v) is 13.6. The Kier molecular flexibility index (Phi) is 6.92. The van der Waals surface area contributed by atoms with Gasteiger partial charge in [0.1, 0.15) is 28.1 Å². The molecule has 15 nitrogen and oxygen atoms in total. The first-order valence-electron chi connectivity index (χ1n) is 11.7. The zero-order valence-corrected chi connectivity index (χ0v) is 22.6. The lowest BCUT2D eigenvalue weighted by Crippen LogP contribution is -2.71. The number of nitrogens with zero attached hydrogens (tertiary/aromatic N) is 5. The monoisotopic (exact) mass is 586 g/mol. The van der Waals surface area contributed by atoms with Crippen molar-refractivity contribution in [1.82, 2.24) is 25.2 Å². The zero-order valence-electron chi connectivity index (χ0n) is 21.0. The number of carboxylic acid groups (broad SMARTS) is 2. The van der Waals surface area contributed by atoms with E-state index in [2.05, 4.69) is 25.4 Å². The number of H-pyrrole nitrogens is 1. The summed E-state index contributed by atoms with van der Waals surface area (Å²) in [4.78, 5) is 67.2. The van der Waals surface area contributed by atoms with E-state index in [9.17, 15) is 29.4 Å². The number of nitrogens with two attached hydrogens (primary N) is 1. The van der Waals surface area contributed by atoms with Crippen LogP contribution in [0.1, 0.15) is 19.5 Å². The molecule has 1 saturated heterocycles. The van der Waals surface area contributed by atoms with Crippen molar-refractivity contribution in [1.29, 1.82) is 0 Å². The van der Waals surface area contributed by atoms with Gasteiger partial charge in [0, 0.05) is 22.8 Å². The number of imidazole rings is 1. The summed E-state index contributed by atoms with van der Waals surface area (Å²) in [5.74, 6) is -4.10. The minimum absolute atomic E-state index is 0.0185. The quantitative estimate of drug-likeness (QED) is 0.0986. The average molecular weight is 587 g/mol. The number of nitrogen functional groups attached to an aromatic ring is 1. The van der Waals surface area contributed by atoms with Crippen LogP contribution in [0.15, 0.2) is 46.6 Å². The topological polar surface area (TPSA) is 220 Å². The summed E-state index contributed by atoms with van der Waals surface area (Å²) < 4.78 is 1.77. The number of oxime groups is 1. The Balaban J connectivity index is 1.36. The summed E-state index contributed by atoms with van der Waals surface area (Å²) in [5.41, 5.74) is 5.27. The van der Waals surface area contributed by atoms with Gasteiger partial charge in [-0.3, -0.25) is 14.5 Å². The van der Waals surface area contributed by atoms with Crippen LogP contribution >= 0.6 is 23.1 Å². The molecule has 0 bridgehead atoms. The lowest BCUT2D eigenvalue weighted by molar-refractivity contribution is -0.687. The van der Waals surface area contributed by atoms with E-state index in [4.69, 9.17) is 10.6 Å². The molecule has 0 aliphatic carbocycles. The van der Waals surface area contributed by atoms with Gasteiger partial charge in [-0.25, -0.2) is 14.8 Å². The van der Waals surface area contributed by atoms with Gasteiger partial charge in [0.25, 0.3) is 11.8 Å². The van der Waals surface area contributed by atoms with E-state index in [1.165, 1.54) is 31.0 Å². The van der Waals surface area contributed by atoms with Gasteiger partial charge < -0.3 is 35.9 Å². The van der Waals surface area contributed by atoms with E-state index in [0.717, 1.165) is 27.3 Å². The van der Waals surface area contributed by atoms with Gasteiger partial charge in [0.15, 0.2) is 29.8 Å². The number of nitrogens with one attached hydrogen (secondary N) is 2. The molecule has 5 N–H and O–H groups in total. The van der Waals surface area contributed by atoms with Crippen molar-refractivity contribution in [3.8, 4) is 0 Å². The molecule has 2 amide bonds. The summed E-state index contributed by atoms with van der Waals surface area (Å²) in [6, 6.07) is 0.691. The SMILES string of the molecule is CC(C)(ON=C(C(=O)NC1C(=O)N2C(C(=O)[O-])=C(C[n+]3ccc4nc[nH]c4c3)CS[C@@H]12)c1csc(N)n1)C(=O)O. The third kappa shape index (κ3) is 4.95. The number of hydrogen-bond donors (Lipinski definition) is 4. The number of β-lactam (4-membered cyclic amide) rings is 1. The minimum Gasteiger partial charge on any atom is -0.543 e. The fraction of sp³-hybridized carbons (Fsp3) is 0.304. The van der Waals surface area contributed by atoms with Gasteiger partial charge in [-0.05, 0) is 13.8 Å². The number of pyridine rings is 1. The van der Waals surface area contributed by atoms with Crippen molar-refractivity contribution in [2.75, 3.05) is 11.5 Å². The summed E-state index contributed by atoms with van der Waals surface area (Å²) in [7, 11) is 0. The number of amides is 2. The lowest BCUT2D eigenvalue weighted by Gasteiger charge is -2.50. The second-order valence-corrected chi connectivity index (χ2v) is 11.3. The maximum Gasteiger partial charge on any atom is 0.350 e. The molecule has 2 aliphatic heterocycles. The molecule has 0 radical (unpaired) electrons. The smallest absolute Gasteiger partial charge is 0.350 e. The Labute approximate surface area is 233 Å². The van der Waals surface area contributed by atoms with Crippen LogP contribution in [0.4, 0.5) is 5.13 Å². The molecular formula is C23H22N8O7S2. The molecule has 3 aromatic heterocycles. The Morgan fingerprint density at radius 3 is 2.88 bits per heavy atom. The molecule has 0 saturated carbocycles. The maximum absolute atomic E-state index is 13.2. The first kappa shape index (κ1) is 27.1. The minimum atomic E-state index is -1.76. The van der Waals surface area contributed by atoms with E-state index in [1.54, 1.807) is 29.4 Å². The van der Waals surface area contributed by atoms with Gasteiger partial charge in [-0.15, -0.1) is 23.1 Å². The second-order valence-electron chi connectivity index (χ2n) is 9.34. The van der Waals surface area contributed by atoms with Crippen molar-refractivity contribution < 1.29 is 38.8 Å². The third-order valence-electron chi connectivity index (χ3n) is 6.18. The third-order valence-corrected chi connectivity index (χ3v) is 8.19. The van der Waals surface area contributed by atoms with Crippen LogP contribution in [-0.4, -0.2) is 77.2 Å². The summed E-state index contributed by atoms with van der Waals surface area (Å²) in [5, 5.41) is 28.5. The lowest BCUT2D eigenvalue weighted by atomic mass is 10.0. The van der Waals surface area contributed by atoms with Crippen LogP contribution in [-0.2, 0) is 30.6 Å². The summed E-state index contributed by atoms with van der Waals surface area (Å²) >= 11 is 2.30. The molecule has 5 heterocycles. The van der Waals surface area contributed by atoms with Crippen molar-refractivity contribution in [2.24, 2.45) is 5.16 Å². The molecular weight excluding hydrogens is 564 g/mol. The van der Waals surface area contributed by atoms with Crippen LogP contribution in [0, 0.1) is 0 Å². The standard InChI is InChI=1S/C23H22N8O7S2/c1-23(2,21(36)37)38-29-14(13-8-40-22(24)27-13)17(32)28-15-18(33)31-16(20(34)35)10(7-39-19(15)31)5-30-4-3-11-12(6-30)26-9-25-11/h3-4,6,8-9,15,19H,5,7H2,1-2H3,(H5,24,27,28,32,34,35,36,37)/t15?,19-/m0/s1. The molecule has 40 heavy (non-hydrogen) atoms. The van der Waals surface area contributed by atoms with Gasteiger partial charge in [-0.2, -0.15) is 4.57 Å². The van der Waals surface area contributed by atoms with Gasteiger partial charge in [0.2, 0.25) is 5.60 Å². The number of rotatable bonds is 9. The van der Waals surface area contributed by atoms with Crippen molar-refractivity contribution >= 4 is 68.7 Å². The molecule has 1 fully saturated rings. The highest BCUT2D eigenvalue weighted by molar-refractivity contribution is 8.00. The fourth-order valence-corrected chi connectivity index (χ4v) is 5.93. The molecule has 17 heteroatoms. The van der Waals surface area contributed by atoms with Gasteiger partial charge in [-0.1, -0.05) is 5.16 Å². The van der Waals surface area contributed by atoms with Crippen LogP contribution in [0.25, 0.3) is 11.0 Å². The zero-order chi connectivity index (χ0) is 28.8. The molecule has 2 atom stereocenters. The molecule has 2 aliphatic rings. The van der Waals surface area contributed by atoms with Gasteiger partial charge >= 0.3 is 5.97 Å². The Bertz CT molecular complexity index is 1610. The molecule has 0 spiro atoms. The number of carbonyl (C=O) groups is 4. The van der Waals surface area contributed by atoms with Crippen molar-refractivity contribution in [3.63, 3.8) is 0 Å². The number of carbonyl (C=O) groups excluding carboxylic acids is 3. The van der Waals surface area contributed by atoms with E-state index in [0.29, 0.717) is 5.57 Å².